The number of halogens is 1. The highest BCUT2D eigenvalue weighted by Gasteiger charge is 2.31. The van der Waals surface area contributed by atoms with Crippen molar-refractivity contribution < 1.29 is 4.74 Å². The fourth-order valence-corrected chi connectivity index (χ4v) is 3.10. The summed E-state index contributed by atoms with van der Waals surface area (Å²) in [5, 5.41) is 4.64. The Morgan fingerprint density at radius 3 is 2.78 bits per heavy atom. The van der Waals surface area contributed by atoms with Crippen molar-refractivity contribution in [3.63, 3.8) is 0 Å². The molecule has 1 aliphatic rings. The van der Waals surface area contributed by atoms with Crippen LogP contribution in [0.3, 0.4) is 0 Å². The Kier molecular flexibility index (Phi) is 3.87. The summed E-state index contributed by atoms with van der Waals surface area (Å²) in [5.41, 5.74) is 1.02. The second-order valence-electron chi connectivity index (χ2n) is 5.73. The highest BCUT2D eigenvalue weighted by Crippen LogP contribution is 2.30. The lowest BCUT2D eigenvalue weighted by molar-refractivity contribution is 0.102. The normalized spacial score (nSPS) is 20.0. The number of hydrogen-bond acceptors (Lipinski definition) is 4. The van der Waals surface area contributed by atoms with Gasteiger partial charge in [0.25, 0.3) is 0 Å². The molecular weight excluding hydrogens is 354 g/mol. The zero-order valence-electron chi connectivity index (χ0n) is 12.4. The molecule has 2 aromatic heterocycles. The number of nitrogens with zero attached hydrogens (tertiary/aromatic N) is 2. The van der Waals surface area contributed by atoms with Gasteiger partial charge in [0.1, 0.15) is 11.9 Å². The lowest BCUT2D eigenvalue weighted by Crippen LogP contribution is -2.42. The van der Waals surface area contributed by atoms with Crippen molar-refractivity contribution in [2.24, 2.45) is 0 Å². The minimum Gasteiger partial charge on any atom is -0.473 e. The van der Waals surface area contributed by atoms with Crippen LogP contribution in [0, 0.1) is 0 Å². The van der Waals surface area contributed by atoms with Crippen LogP contribution in [0.15, 0.2) is 59.2 Å². The van der Waals surface area contributed by atoms with Gasteiger partial charge in [0, 0.05) is 30.5 Å². The van der Waals surface area contributed by atoms with Gasteiger partial charge in [-0.2, -0.15) is 0 Å². The molecular formula is C18H16BrN3O. The van der Waals surface area contributed by atoms with Gasteiger partial charge in [-0.05, 0) is 46.3 Å². The van der Waals surface area contributed by atoms with Gasteiger partial charge in [0.05, 0.1) is 9.99 Å². The lowest BCUT2D eigenvalue weighted by Gasteiger charge is -2.35. The SMILES string of the molecule is Brc1cccnc1O[C@H]1C[C@@H](Nc2ccc3ccccc3n2)C1. The van der Waals surface area contributed by atoms with E-state index in [1.54, 1.807) is 6.20 Å². The number of benzene rings is 1. The predicted octanol–water partition coefficient (Wildman–Crippen LogP) is 4.41. The number of pyridine rings is 2. The van der Waals surface area contributed by atoms with E-state index in [0.29, 0.717) is 11.9 Å². The van der Waals surface area contributed by atoms with Crippen molar-refractivity contribution in [2.45, 2.75) is 25.0 Å². The molecule has 2 heterocycles. The number of ether oxygens (including phenoxy) is 1. The van der Waals surface area contributed by atoms with E-state index in [9.17, 15) is 0 Å². The van der Waals surface area contributed by atoms with Gasteiger partial charge in [-0.25, -0.2) is 9.97 Å². The number of aromatic nitrogens is 2. The van der Waals surface area contributed by atoms with Crippen molar-refractivity contribution in [3.8, 4) is 5.88 Å². The van der Waals surface area contributed by atoms with Gasteiger partial charge in [-0.15, -0.1) is 0 Å². The number of rotatable bonds is 4. The summed E-state index contributed by atoms with van der Waals surface area (Å²) < 4.78 is 6.80. The molecule has 0 atom stereocenters. The number of para-hydroxylation sites is 1. The molecule has 3 aromatic rings. The van der Waals surface area contributed by atoms with Gasteiger partial charge in [0.2, 0.25) is 5.88 Å². The molecule has 1 fully saturated rings. The van der Waals surface area contributed by atoms with Crippen LogP contribution in [0.4, 0.5) is 5.82 Å². The minimum atomic E-state index is 0.208. The Balaban J connectivity index is 1.36. The average Bonchev–Trinajstić information content (AvgIpc) is 2.54. The molecule has 0 aliphatic heterocycles. The fourth-order valence-electron chi connectivity index (χ4n) is 2.75. The summed E-state index contributed by atoms with van der Waals surface area (Å²) in [5.74, 6) is 1.59. The number of fused-ring (bicyclic) bond motifs is 1. The maximum absolute atomic E-state index is 5.90. The van der Waals surface area contributed by atoms with Gasteiger partial charge in [-0.3, -0.25) is 0 Å². The third-order valence-corrected chi connectivity index (χ3v) is 4.65. The lowest BCUT2D eigenvalue weighted by atomic mass is 9.89. The summed E-state index contributed by atoms with van der Waals surface area (Å²) in [6.45, 7) is 0. The molecule has 1 aromatic carbocycles. The Hall–Kier alpha value is -2.14. The Labute approximate surface area is 143 Å². The maximum atomic E-state index is 5.90. The highest BCUT2D eigenvalue weighted by atomic mass is 79.9. The van der Waals surface area contributed by atoms with Gasteiger partial charge < -0.3 is 10.1 Å². The third-order valence-electron chi connectivity index (χ3n) is 4.05. The fraction of sp³-hybridized carbons (Fsp3) is 0.222. The van der Waals surface area contributed by atoms with E-state index in [4.69, 9.17) is 4.74 Å². The van der Waals surface area contributed by atoms with Crippen LogP contribution in [0.5, 0.6) is 5.88 Å². The number of anilines is 1. The smallest absolute Gasteiger partial charge is 0.228 e. The average molecular weight is 370 g/mol. The predicted molar refractivity (Wildman–Crippen MR) is 94.7 cm³/mol. The summed E-state index contributed by atoms with van der Waals surface area (Å²) >= 11 is 3.46. The van der Waals surface area contributed by atoms with Crippen molar-refractivity contribution in [2.75, 3.05) is 5.32 Å². The Morgan fingerprint density at radius 1 is 1.04 bits per heavy atom. The van der Waals surface area contributed by atoms with Crippen molar-refractivity contribution >= 4 is 32.7 Å². The molecule has 5 heteroatoms. The molecule has 0 amide bonds. The summed E-state index contributed by atoms with van der Waals surface area (Å²) in [4.78, 5) is 8.89. The molecule has 1 saturated carbocycles. The molecule has 0 radical (unpaired) electrons. The zero-order chi connectivity index (χ0) is 15.6. The molecule has 0 unspecified atom stereocenters. The first-order chi connectivity index (χ1) is 11.3. The van der Waals surface area contributed by atoms with E-state index in [1.807, 2.05) is 36.4 Å². The van der Waals surface area contributed by atoms with Crippen LogP contribution < -0.4 is 10.1 Å². The van der Waals surface area contributed by atoms with Crippen LogP contribution in [0.1, 0.15) is 12.8 Å². The molecule has 4 nitrogen and oxygen atoms in total. The van der Waals surface area contributed by atoms with Crippen molar-refractivity contribution in [1.29, 1.82) is 0 Å². The van der Waals surface area contributed by atoms with Crippen LogP contribution in [0.2, 0.25) is 0 Å². The third kappa shape index (κ3) is 3.15. The summed E-state index contributed by atoms with van der Waals surface area (Å²) in [7, 11) is 0. The molecule has 1 N–H and O–H groups in total. The minimum absolute atomic E-state index is 0.208. The molecule has 4 rings (SSSR count). The van der Waals surface area contributed by atoms with Crippen LogP contribution in [-0.2, 0) is 0 Å². The quantitative estimate of drug-likeness (QED) is 0.739. The zero-order valence-corrected chi connectivity index (χ0v) is 14.0. The molecule has 1 aliphatic carbocycles. The first-order valence-electron chi connectivity index (χ1n) is 7.67. The number of nitrogens with one attached hydrogen (secondary N) is 1. The second kappa shape index (κ2) is 6.16. The monoisotopic (exact) mass is 369 g/mol. The summed E-state index contributed by atoms with van der Waals surface area (Å²) in [6.07, 6.45) is 3.86. The van der Waals surface area contributed by atoms with Crippen molar-refractivity contribution in [1.82, 2.24) is 9.97 Å². The maximum Gasteiger partial charge on any atom is 0.228 e. The largest absolute Gasteiger partial charge is 0.473 e. The van der Waals surface area contributed by atoms with Gasteiger partial charge >= 0.3 is 0 Å². The van der Waals surface area contributed by atoms with Crippen molar-refractivity contribution in [3.05, 3.63) is 59.2 Å². The topological polar surface area (TPSA) is 47.0 Å². The molecule has 0 spiro atoms. The van der Waals surface area contributed by atoms with E-state index in [-0.39, 0.29) is 6.10 Å². The number of hydrogen-bond donors (Lipinski definition) is 1. The van der Waals surface area contributed by atoms with E-state index >= 15 is 0 Å². The molecule has 0 bridgehead atoms. The second-order valence-corrected chi connectivity index (χ2v) is 6.59. The molecule has 116 valence electrons. The van der Waals surface area contributed by atoms with E-state index < -0.39 is 0 Å². The van der Waals surface area contributed by atoms with Crippen LogP contribution in [0.25, 0.3) is 10.9 Å². The first-order valence-corrected chi connectivity index (χ1v) is 8.47. The Morgan fingerprint density at radius 2 is 1.91 bits per heavy atom. The van der Waals surface area contributed by atoms with Gasteiger partial charge in [0.15, 0.2) is 0 Å². The standard InChI is InChI=1S/C18H16BrN3O/c19-15-5-3-9-20-18(15)23-14-10-13(11-14)21-17-8-7-12-4-1-2-6-16(12)22-17/h1-9,13-14H,10-11H2,(H,21,22)/t13-,14+. The van der Waals surface area contributed by atoms with E-state index in [0.717, 1.165) is 34.0 Å². The van der Waals surface area contributed by atoms with E-state index in [2.05, 4.69) is 43.3 Å². The first kappa shape index (κ1) is 14.5. The van der Waals surface area contributed by atoms with Crippen LogP contribution >= 0.6 is 15.9 Å². The molecule has 23 heavy (non-hydrogen) atoms. The summed E-state index contributed by atoms with van der Waals surface area (Å²) in [6, 6.07) is 16.5. The Bertz CT molecular complexity index is 833. The highest BCUT2D eigenvalue weighted by molar-refractivity contribution is 9.10. The molecule has 0 saturated heterocycles. The van der Waals surface area contributed by atoms with Gasteiger partial charge in [-0.1, -0.05) is 18.2 Å². The van der Waals surface area contributed by atoms with E-state index in [1.165, 1.54) is 0 Å². The van der Waals surface area contributed by atoms with Crippen LogP contribution in [-0.4, -0.2) is 22.1 Å².